The summed E-state index contributed by atoms with van der Waals surface area (Å²) in [5, 5.41) is 14.8. The second-order valence-corrected chi connectivity index (χ2v) is 5.31. The third-order valence-electron chi connectivity index (χ3n) is 3.84. The molecule has 0 saturated heterocycles. The molecule has 0 bridgehead atoms. The molecule has 0 aromatic carbocycles. The van der Waals surface area contributed by atoms with E-state index < -0.39 is 6.10 Å². The summed E-state index contributed by atoms with van der Waals surface area (Å²) < 4.78 is 3.93. The van der Waals surface area contributed by atoms with Crippen molar-refractivity contribution >= 4 is 0 Å². The minimum absolute atomic E-state index is 0.518. The zero-order chi connectivity index (χ0) is 14.7. The van der Waals surface area contributed by atoms with Gasteiger partial charge in [-0.2, -0.15) is 5.10 Å². The van der Waals surface area contributed by atoms with Gasteiger partial charge in [0.15, 0.2) is 0 Å². The minimum atomic E-state index is -0.518. The molecule has 1 unspecified atom stereocenters. The summed E-state index contributed by atoms with van der Waals surface area (Å²) in [5.74, 6) is 0.769. The SMILES string of the molecule is CCCn1ccnc1C(O)CCc1c(C)nn(C)c1C. The maximum atomic E-state index is 10.4. The van der Waals surface area contributed by atoms with Crippen molar-refractivity contribution in [3.8, 4) is 0 Å². The Morgan fingerprint density at radius 3 is 2.70 bits per heavy atom. The first-order valence-electron chi connectivity index (χ1n) is 7.22. The van der Waals surface area contributed by atoms with E-state index in [1.807, 2.05) is 29.4 Å². The number of aromatic nitrogens is 4. The number of hydrogen-bond donors (Lipinski definition) is 1. The summed E-state index contributed by atoms with van der Waals surface area (Å²) in [7, 11) is 1.95. The van der Waals surface area contributed by atoms with Crippen LogP contribution in [0.15, 0.2) is 12.4 Å². The van der Waals surface area contributed by atoms with Gasteiger partial charge in [-0.25, -0.2) is 4.98 Å². The molecule has 0 radical (unpaired) electrons. The van der Waals surface area contributed by atoms with Gasteiger partial charge < -0.3 is 9.67 Å². The molecular weight excluding hydrogens is 252 g/mol. The van der Waals surface area contributed by atoms with Gasteiger partial charge in [0.1, 0.15) is 11.9 Å². The standard InChI is InChI=1S/C15H24N4O/c1-5-9-19-10-8-16-15(19)14(20)7-6-13-11(2)17-18(4)12(13)3/h8,10,14,20H,5-7,9H2,1-4H3. The van der Waals surface area contributed by atoms with E-state index in [0.717, 1.165) is 30.9 Å². The number of nitrogens with zero attached hydrogens (tertiary/aromatic N) is 4. The van der Waals surface area contributed by atoms with Crippen LogP contribution in [0.25, 0.3) is 0 Å². The van der Waals surface area contributed by atoms with Gasteiger partial charge in [0.2, 0.25) is 0 Å². The molecule has 1 N–H and O–H groups in total. The first-order chi connectivity index (χ1) is 9.54. The number of hydrogen-bond acceptors (Lipinski definition) is 3. The molecule has 110 valence electrons. The second-order valence-electron chi connectivity index (χ2n) is 5.31. The average Bonchev–Trinajstić information content (AvgIpc) is 2.95. The summed E-state index contributed by atoms with van der Waals surface area (Å²) in [4.78, 5) is 4.29. The molecule has 0 aliphatic rings. The normalized spacial score (nSPS) is 12.8. The van der Waals surface area contributed by atoms with E-state index in [1.165, 1.54) is 11.3 Å². The lowest BCUT2D eigenvalue weighted by Gasteiger charge is -2.13. The summed E-state index contributed by atoms with van der Waals surface area (Å²) in [5.41, 5.74) is 3.46. The lowest BCUT2D eigenvalue weighted by atomic mass is 10.0. The van der Waals surface area contributed by atoms with Crippen molar-refractivity contribution in [3.05, 3.63) is 35.2 Å². The zero-order valence-electron chi connectivity index (χ0n) is 12.8. The highest BCUT2D eigenvalue weighted by Crippen LogP contribution is 2.21. The third-order valence-corrected chi connectivity index (χ3v) is 3.84. The molecule has 0 saturated carbocycles. The average molecular weight is 276 g/mol. The minimum Gasteiger partial charge on any atom is -0.385 e. The fourth-order valence-corrected chi connectivity index (χ4v) is 2.64. The maximum absolute atomic E-state index is 10.4. The Morgan fingerprint density at radius 1 is 1.35 bits per heavy atom. The van der Waals surface area contributed by atoms with Gasteiger partial charge in [-0.3, -0.25) is 4.68 Å². The van der Waals surface area contributed by atoms with Gasteiger partial charge in [-0.1, -0.05) is 6.92 Å². The van der Waals surface area contributed by atoms with Gasteiger partial charge >= 0.3 is 0 Å². The molecule has 20 heavy (non-hydrogen) atoms. The molecule has 0 amide bonds. The molecule has 0 spiro atoms. The van der Waals surface area contributed by atoms with Crippen LogP contribution in [0.1, 0.15) is 48.6 Å². The molecular formula is C15H24N4O. The van der Waals surface area contributed by atoms with Gasteiger partial charge in [0, 0.05) is 31.7 Å². The maximum Gasteiger partial charge on any atom is 0.137 e. The Morgan fingerprint density at radius 2 is 2.10 bits per heavy atom. The molecule has 1 atom stereocenters. The largest absolute Gasteiger partial charge is 0.385 e. The molecule has 0 aliphatic heterocycles. The monoisotopic (exact) mass is 276 g/mol. The molecule has 2 aromatic rings. The van der Waals surface area contributed by atoms with Crippen molar-refractivity contribution in [2.75, 3.05) is 0 Å². The number of aliphatic hydroxyl groups excluding tert-OH is 1. The van der Waals surface area contributed by atoms with Gasteiger partial charge in [-0.05, 0) is 38.7 Å². The topological polar surface area (TPSA) is 55.9 Å². The number of aliphatic hydroxyl groups is 1. The van der Waals surface area contributed by atoms with Crippen molar-refractivity contribution in [2.45, 2.75) is 52.7 Å². The van der Waals surface area contributed by atoms with Crippen LogP contribution in [0.2, 0.25) is 0 Å². The lowest BCUT2D eigenvalue weighted by Crippen LogP contribution is -2.09. The quantitative estimate of drug-likeness (QED) is 0.881. The van der Waals surface area contributed by atoms with Gasteiger partial charge in [0.05, 0.1) is 5.69 Å². The van der Waals surface area contributed by atoms with Gasteiger partial charge in [0.25, 0.3) is 0 Å². The molecule has 2 heterocycles. The third kappa shape index (κ3) is 2.93. The summed E-state index contributed by atoms with van der Waals surface area (Å²) in [6.45, 7) is 7.11. The van der Waals surface area contributed by atoms with Crippen molar-refractivity contribution < 1.29 is 5.11 Å². The molecule has 0 fully saturated rings. The van der Waals surface area contributed by atoms with Crippen LogP contribution in [-0.4, -0.2) is 24.4 Å². The number of rotatable bonds is 6. The summed E-state index contributed by atoms with van der Waals surface area (Å²) >= 11 is 0. The van der Waals surface area contributed by atoms with Crippen LogP contribution >= 0.6 is 0 Å². The van der Waals surface area contributed by atoms with Crippen LogP contribution < -0.4 is 0 Å². The van der Waals surface area contributed by atoms with Crippen molar-refractivity contribution in [3.63, 3.8) is 0 Å². The molecule has 5 heteroatoms. The molecule has 2 aromatic heterocycles. The van der Waals surface area contributed by atoms with Crippen LogP contribution in [0.3, 0.4) is 0 Å². The van der Waals surface area contributed by atoms with Gasteiger partial charge in [-0.15, -0.1) is 0 Å². The number of aryl methyl sites for hydroxylation is 3. The Bertz CT molecular complexity index is 570. The Labute approximate surface area is 120 Å². The van der Waals surface area contributed by atoms with Crippen LogP contribution in [0, 0.1) is 13.8 Å². The molecule has 0 aliphatic carbocycles. The Hall–Kier alpha value is -1.62. The highest BCUT2D eigenvalue weighted by atomic mass is 16.3. The van der Waals surface area contributed by atoms with E-state index in [4.69, 9.17) is 0 Å². The summed E-state index contributed by atoms with van der Waals surface area (Å²) in [6.07, 6.45) is 5.71. The van der Waals surface area contributed by atoms with E-state index in [2.05, 4.69) is 23.9 Å². The predicted octanol–water partition coefficient (Wildman–Crippen LogP) is 2.31. The van der Waals surface area contributed by atoms with Crippen molar-refractivity contribution in [1.82, 2.24) is 19.3 Å². The number of imidazole rings is 1. The van der Waals surface area contributed by atoms with Crippen LogP contribution in [0.5, 0.6) is 0 Å². The molecule has 5 nitrogen and oxygen atoms in total. The highest BCUT2D eigenvalue weighted by molar-refractivity contribution is 5.24. The van der Waals surface area contributed by atoms with E-state index in [-0.39, 0.29) is 0 Å². The van der Waals surface area contributed by atoms with E-state index in [0.29, 0.717) is 6.42 Å². The van der Waals surface area contributed by atoms with E-state index >= 15 is 0 Å². The van der Waals surface area contributed by atoms with E-state index in [9.17, 15) is 5.11 Å². The second kappa shape index (κ2) is 6.22. The van der Waals surface area contributed by atoms with Crippen LogP contribution in [0.4, 0.5) is 0 Å². The zero-order valence-corrected chi connectivity index (χ0v) is 12.8. The van der Waals surface area contributed by atoms with Crippen molar-refractivity contribution in [1.29, 1.82) is 0 Å². The summed E-state index contributed by atoms with van der Waals surface area (Å²) in [6, 6.07) is 0. The fourth-order valence-electron chi connectivity index (χ4n) is 2.64. The lowest BCUT2D eigenvalue weighted by molar-refractivity contribution is 0.153. The smallest absolute Gasteiger partial charge is 0.137 e. The predicted molar refractivity (Wildman–Crippen MR) is 78.5 cm³/mol. The molecule has 2 rings (SSSR count). The van der Waals surface area contributed by atoms with E-state index in [1.54, 1.807) is 6.20 Å². The Kier molecular flexibility index (Phi) is 4.60. The fraction of sp³-hybridized carbons (Fsp3) is 0.600. The van der Waals surface area contributed by atoms with Crippen LogP contribution in [-0.2, 0) is 20.0 Å². The van der Waals surface area contributed by atoms with Crippen molar-refractivity contribution in [2.24, 2.45) is 7.05 Å². The highest BCUT2D eigenvalue weighted by Gasteiger charge is 2.16. The first-order valence-corrected chi connectivity index (χ1v) is 7.22. The first kappa shape index (κ1) is 14.8. The Balaban J connectivity index is 2.05.